The van der Waals surface area contributed by atoms with Gasteiger partial charge in [0.05, 0.1) is 0 Å². The molecule has 0 aliphatic rings. The summed E-state index contributed by atoms with van der Waals surface area (Å²) in [7, 11) is 0. The summed E-state index contributed by atoms with van der Waals surface area (Å²) >= 11 is 0. The first-order valence-electron chi connectivity index (χ1n) is 20.1. The van der Waals surface area contributed by atoms with Crippen LogP contribution in [0.25, 0.3) is 77.6 Å². The van der Waals surface area contributed by atoms with E-state index in [1.807, 2.05) is 12.1 Å². The van der Waals surface area contributed by atoms with E-state index >= 15 is 0 Å². The van der Waals surface area contributed by atoms with Crippen molar-refractivity contribution in [1.82, 2.24) is 0 Å². The van der Waals surface area contributed by atoms with E-state index in [4.69, 9.17) is 4.42 Å². The number of hydrogen-bond acceptors (Lipinski definition) is 1. The molecule has 0 aliphatic carbocycles. The predicted molar refractivity (Wildman–Crippen MR) is 244 cm³/mol. The minimum atomic E-state index is 0.0388. The van der Waals surface area contributed by atoms with Crippen LogP contribution >= 0.6 is 0 Å². The quantitative estimate of drug-likeness (QED) is 0.141. The van der Waals surface area contributed by atoms with Gasteiger partial charge in [-0.2, -0.15) is 0 Å². The largest absolute Gasteiger partial charge is 0.455 e. The van der Waals surface area contributed by atoms with Crippen LogP contribution in [-0.2, 0) is 0 Å². The van der Waals surface area contributed by atoms with Gasteiger partial charge in [-0.1, -0.05) is 205 Å². The summed E-state index contributed by atoms with van der Waals surface area (Å²) in [5.74, 6) is 0.0388. The van der Waals surface area contributed by atoms with Crippen LogP contribution in [0.1, 0.15) is 33.7 Å². The van der Waals surface area contributed by atoms with Gasteiger partial charge in [-0.3, -0.25) is 0 Å². The van der Waals surface area contributed by atoms with E-state index in [1.165, 1.54) is 72.3 Å². The predicted octanol–water partition coefficient (Wildman–Crippen LogP) is 15.7. The topological polar surface area (TPSA) is 13.1 Å². The lowest BCUT2D eigenvalue weighted by molar-refractivity contribution is 0.670. The highest BCUT2D eigenvalue weighted by Crippen LogP contribution is 2.39. The Morgan fingerprint density at radius 3 is 1.16 bits per heavy atom. The number of aryl methyl sites for hydroxylation is 2. The van der Waals surface area contributed by atoms with Crippen LogP contribution in [0.5, 0.6) is 0 Å². The minimum absolute atomic E-state index is 0.0388. The molecule has 0 amide bonds. The number of rotatable bonds is 8. The summed E-state index contributed by atoms with van der Waals surface area (Å²) in [4.78, 5) is 0. The lowest BCUT2D eigenvalue weighted by Crippen LogP contribution is -2.03. The molecule has 0 saturated heterocycles. The summed E-state index contributed by atoms with van der Waals surface area (Å²) in [6, 6.07) is 77.4. The van der Waals surface area contributed by atoms with Crippen LogP contribution < -0.4 is 0 Å². The molecule has 0 fully saturated rings. The molecule has 10 rings (SSSR count). The van der Waals surface area contributed by atoms with E-state index in [2.05, 4.69) is 214 Å². The van der Waals surface area contributed by atoms with Crippen molar-refractivity contribution in [2.75, 3.05) is 0 Å². The van der Waals surface area contributed by atoms with Crippen LogP contribution in [0, 0.1) is 13.8 Å². The van der Waals surface area contributed by atoms with Crippen molar-refractivity contribution in [1.29, 1.82) is 0 Å². The van der Waals surface area contributed by atoms with Crippen LogP contribution in [0.3, 0.4) is 0 Å². The monoisotopic (exact) mass is 742 g/mol. The molecule has 0 N–H and O–H groups in total. The minimum Gasteiger partial charge on any atom is -0.455 e. The Balaban J connectivity index is 1.01. The van der Waals surface area contributed by atoms with Crippen molar-refractivity contribution in [3.05, 3.63) is 240 Å². The number of fused-ring (bicyclic) bond motifs is 3. The standard InChI is InChI=1S/C57H42O/c1-38-16-20-40(21-17-38)48-8-5-10-50(36-48)42-24-30-45(31-25-42)56(46-32-26-43(27-33-46)51-11-6-9-49(37-51)41-22-18-39(2)19-23-41)47-34-28-44(29-35-47)52-13-7-14-54-53-12-3-4-15-55(53)58-57(52)54/h3-37,56H,1-2H3. The van der Waals surface area contributed by atoms with Crippen LogP contribution in [-0.4, -0.2) is 0 Å². The molecule has 0 bridgehead atoms. The Kier molecular flexibility index (Phi) is 9.12. The molecular formula is C57H42O. The van der Waals surface area contributed by atoms with Gasteiger partial charge in [-0.15, -0.1) is 0 Å². The molecule has 1 heteroatoms. The van der Waals surface area contributed by atoms with Crippen molar-refractivity contribution in [3.63, 3.8) is 0 Å². The van der Waals surface area contributed by atoms with Gasteiger partial charge >= 0.3 is 0 Å². The fourth-order valence-corrected chi connectivity index (χ4v) is 8.39. The average Bonchev–Trinajstić information content (AvgIpc) is 3.67. The van der Waals surface area contributed by atoms with Crippen LogP contribution in [0.4, 0.5) is 0 Å². The Morgan fingerprint density at radius 2 is 0.690 bits per heavy atom. The van der Waals surface area contributed by atoms with Gasteiger partial charge in [0.25, 0.3) is 0 Å². The molecule has 1 heterocycles. The van der Waals surface area contributed by atoms with Crippen molar-refractivity contribution in [2.24, 2.45) is 0 Å². The second-order valence-electron chi connectivity index (χ2n) is 15.5. The molecule has 0 unspecified atom stereocenters. The Bertz CT molecular complexity index is 2890. The third-order valence-corrected chi connectivity index (χ3v) is 11.6. The molecule has 9 aromatic carbocycles. The van der Waals surface area contributed by atoms with Gasteiger partial charge < -0.3 is 4.42 Å². The average molecular weight is 743 g/mol. The Hall–Kier alpha value is -7.22. The van der Waals surface area contributed by atoms with E-state index in [0.717, 1.165) is 33.1 Å². The maximum atomic E-state index is 6.42. The lowest BCUT2D eigenvalue weighted by atomic mass is 9.83. The summed E-state index contributed by atoms with van der Waals surface area (Å²) in [5.41, 5.74) is 20.1. The van der Waals surface area contributed by atoms with Gasteiger partial charge in [0.15, 0.2) is 0 Å². The zero-order valence-corrected chi connectivity index (χ0v) is 32.7. The fourth-order valence-electron chi connectivity index (χ4n) is 8.39. The SMILES string of the molecule is Cc1ccc(-c2cccc(-c3ccc(C(c4ccc(-c5cccc(-c6ccc(C)cc6)c5)cc4)c4ccc(-c5cccc6c5oc5ccccc56)cc4)cc3)c2)cc1. The smallest absolute Gasteiger partial charge is 0.143 e. The van der Waals surface area contributed by atoms with Crippen molar-refractivity contribution in [2.45, 2.75) is 19.8 Å². The molecule has 10 aromatic rings. The Morgan fingerprint density at radius 1 is 0.310 bits per heavy atom. The first-order chi connectivity index (χ1) is 28.5. The number of para-hydroxylation sites is 2. The highest BCUT2D eigenvalue weighted by atomic mass is 16.3. The second-order valence-corrected chi connectivity index (χ2v) is 15.5. The summed E-state index contributed by atoms with van der Waals surface area (Å²) in [6.45, 7) is 4.26. The van der Waals surface area contributed by atoms with Gasteiger partial charge in [0.1, 0.15) is 11.2 Å². The number of furan rings is 1. The lowest BCUT2D eigenvalue weighted by Gasteiger charge is -2.20. The van der Waals surface area contributed by atoms with E-state index in [1.54, 1.807) is 0 Å². The molecule has 0 spiro atoms. The van der Waals surface area contributed by atoms with Crippen molar-refractivity contribution in [3.8, 4) is 55.6 Å². The molecule has 276 valence electrons. The van der Waals surface area contributed by atoms with Crippen LogP contribution in [0.15, 0.2) is 217 Å². The van der Waals surface area contributed by atoms with Gasteiger partial charge in [-0.05, 0) is 98.8 Å². The maximum Gasteiger partial charge on any atom is 0.143 e. The fraction of sp³-hybridized carbons (Fsp3) is 0.0526. The van der Waals surface area contributed by atoms with E-state index in [-0.39, 0.29) is 5.92 Å². The molecule has 0 saturated carbocycles. The molecule has 58 heavy (non-hydrogen) atoms. The second kappa shape index (κ2) is 15.0. The summed E-state index contributed by atoms with van der Waals surface area (Å²) in [6.07, 6.45) is 0. The van der Waals surface area contributed by atoms with Gasteiger partial charge in [0, 0.05) is 22.3 Å². The third kappa shape index (κ3) is 6.82. The van der Waals surface area contributed by atoms with E-state index in [9.17, 15) is 0 Å². The van der Waals surface area contributed by atoms with Gasteiger partial charge in [-0.25, -0.2) is 0 Å². The molecule has 0 radical (unpaired) electrons. The van der Waals surface area contributed by atoms with Gasteiger partial charge in [0.2, 0.25) is 0 Å². The normalized spacial score (nSPS) is 11.4. The third-order valence-electron chi connectivity index (χ3n) is 11.6. The zero-order chi connectivity index (χ0) is 39.0. The summed E-state index contributed by atoms with van der Waals surface area (Å²) < 4.78 is 6.42. The molecule has 0 aliphatic heterocycles. The molecular weight excluding hydrogens is 701 g/mol. The highest BCUT2D eigenvalue weighted by molar-refractivity contribution is 6.09. The molecule has 0 atom stereocenters. The first kappa shape index (κ1) is 35.2. The molecule has 1 nitrogen and oxygen atoms in total. The molecule has 1 aromatic heterocycles. The van der Waals surface area contributed by atoms with E-state index in [0.29, 0.717) is 0 Å². The van der Waals surface area contributed by atoms with Crippen molar-refractivity contribution < 1.29 is 4.42 Å². The first-order valence-corrected chi connectivity index (χ1v) is 20.1. The highest BCUT2D eigenvalue weighted by Gasteiger charge is 2.19. The summed E-state index contributed by atoms with van der Waals surface area (Å²) in [5, 5.41) is 2.29. The van der Waals surface area contributed by atoms with E-state index < -0.39 is 0 Å². The van der Waals surface area contributed by atoms with Crippen LogP contribution in [0.2, 0.25) is 0 Å². The Labute approximate surface area is 340 Å². The number of benzene rings is 9. The number of hydrogen-bond donors (Lipinski definition) is 0. The maximum absolute atomic E-state index is 6.42. The zero-order valence-electron chi connectivity index (χ0n) is 32.7. The van der Waals surface area contributed by atoms with Crippen molar-refractivity contribution >= 4 is 21.9 Å².